The molecule has 0 spiro atoms. The van der Waals surface area contributed by atoms with Crippen LogP contribution in [0.3, 0.4) is 0 Å². The van der Waals surface area contributed by atoms with E-state index in [0.717, 1.165) is 24.0 Å². The lowest BCUT2D eigenvalue weighted by Gasteiger charge is -2.11. The number of pyridine rings is 1. The molecule has 7 nitrogen and oxygen atoms in total. The Balaban J connectivity index is 1.32. The van der Waals surface area contributed by atoms with Gasteiger partial charge in [0.15, 0.2) is 0 Å². The minimum Gasteiger partial charge on any atom is -0.339 e. The fraction of sp³-hybridized carbons (Fsp3) is 0.167. The van der Waals surface area contributed by atoms with Crippen molar-refractivity contribution >= 4 is 11.7 Å². The normalized spacial score (nSPS) is 10.6. The van der Waals surface area contributed by atoms with Crippen LogP contribution in [0.4, 0.5) is 10.5 Å². The Morgan fingerprint density at radius 1 is 0.968 bits per heavy atom. The molecule has 0 bridgehead atoms. The number of benzene rings is 2. The molecule has 0 saturated heterocycles. The van der Waals surface area contributed by atoms with Gasteiger partial charge in [-0.1, -0.05) is 53.7 Å². The van der Waals surface area contributed by atoms with Gasteiger partial charge in [0.1, 0.15) is 0 Å². The van der Waals surface area contributed by atoms with Crippen LogP contribution < -0.4 is 10.6 Å². The molecule has 2 amide bonds. The molecule has 4 aromatic rings. The summed E-state index contributed by atoms with van der Waals surface area (Å²) in [4.78, 5) is 20.8. The van der Waals surface area contributed by atoms with E-state index in [-0.39, 0.29) is 6.03 Å². The second kappa shape index (κ2) is 10.2. The predicted octanol–water partition coefficient (Wildman–Crippen LogP) is 4.48. The number of nitrogens with zero attached hydrogens (tertiary/aromatic N) is 3. The number of para-hydroxylation sites is 1. The van der Waals surface area contributed by atoms with Crippen LogP contribution in [-0.2, 0) is 12.8 Å². The summed E-state index contributed by atoms with van der Waals surface area (Å²) in [5, 5.41) is 9.85. The SMILES string of the molecule is O=C(NCCCc1ccccc1)Nc1ccccc1Cc1nc(-c2cccnc2)no1. The molecular formula is C24H23N5O2. The number of carbonyl (C=O) groups excluding carboxylic acids is 1. The zero-order chi connectivity index (χ0) is 21.3. The van der Waals surface area contributed by atoms with Crippen molar-refractivity contribution in [3.8, 4) is 11.4 Å². The first kappa shape index (κ1) is 20.3. The average molecular weight is 413 g/mol. The van der Waals surface area contributed by atoms with E-state index >= 15 is 0 Å². The van der Waals surface area contributed by atoms with Crippen LogP contribution in [0.25, 0.3) is 11.4 Å². The van der Waals surface area contributed by atoms with Gasteiger partial charge in [-0.05, 0) is 42.2 Å². The molecular weight excluding hydrogens is 390 g/mol. The minimum absolute atomic E-state index is 0.234. The van der Waals surface area contributed by atoms with Crippen molar-refractivity contribution in [3.63, 3.8) is 0 Å². The predicted molar refractivity (Wildman–Crippen MR) is 119 cm³/mol. The summed E-state index contributed by atoms with van der Waals surface area (Å²) < 4.78 is 5.39. The van der Waals surface area contributed by atoms with Crippen molar-refractivity contribution in [2.75, 3.05) is 11.9 Å². The fourth-order valence-electron chi connectivity index (χ4n) is 3.20. The van der Waals surface area contributed by atoms with Crippen molar-refractivity contribution in [2.45, 2.75) is 19.3 Å². The average Bonchev–Trinajstić information content (AvgIpc) is 3.28. The smallest absolute Gasteiger partial charge is 0.319 e. The number of amides is 2. The third-order valence-electron chi connectivity index (χ3n) is 4.77. The maximum absolute atomic E-state index is 12.3. The molecule has 0 radical (unpaired) electrons. The van der Waals surface area contributed by atoms with Crippen molar-refractivity contribution in [1.29, 1.82) is 0 Å². The zero-order valence-electron chi connectivity index (χ0n) is 17.0. The Morgan fingerprint density at radius 2 is 1.81 bits per heavy atom. The van der Waals surface area contributed by atoms with E-state index in [1.165, 1.54) is 5.56 Å². The summed E-state index contributed by atoms with van der Waals surface area (Å²) in [6, 6.07) is 21.3. The maximum atomic E-state index is 12.3. The van der Waals surface area contributed by atoms with Crippen LogP contribution >= 0.6 is 0 Å². The highest BCUT2D eigenvalue weighted by atomic mass is 16.5. The Kier molecular flexibility index (Phi) is 6.64. The van der Waals surface area contributed by atoms with Crippen molar-refractivity contribution in [2.24, 2.45) is 0 Å². The van der Waals surface area contributed by atoms with Gasteiger partial charge in [-0.2, -0.15) is 4.98 Å². The summed E-state index contributed by atoms with van der Waals surface area (Å²) in [5.41, 5.74) is 3.66. The van der Waals surface area contributed by atoms with E-state index < -0.39 is 0 Å². The zero-order valence-corrected chi connectivity index (χ0v) is 17.0. The van der Waals surface area contributed by atoms with E-state index in [2.05, 4.69) is 37.9 Å². The highest BCUT2D eigenvalue weighted by Gasteiger charge is 2.12. The van der Waals surface area contributed by atoms with Crippen LogP contribution in [0.1, 0.15) is 23.4 Å². The molecule has 0 saturated carbocycles. The van der Waals surface area contributed by atoms with E-state index in [9.17, 15) is 4.79 Å². The Morgan fingerprint density at radius 3 is 2.65 bits per heavy atom. The molecule has 2 heterocycles. The van der Waals surface area contributed by atoms with Gasteiger partial charge in [0.05, 0.1) is 6.42 Å². The first-order chi connectivity index (χ1) is 15.3. The molecule has 4 rings (SSSR count). The number of aryl methyl sites for hydroxylation is 1. The molecule has 0 atom stereocenters. The number of hydrogen-bond acceptors (Lipinski definition) is 5. The van der Waals surface area contributed by atoms with Crippen LogP contribution in [-0.4, -0.2) is 27.7 Å². The third-order valence-corrected chi connectivity index (χ3v) is 4.77. The number of hydrogen-bond donors (Lipinski definition) is 2. The molecule has 7 heteroatoms. The molecule has 2 N–H and O–H groups in total. The van der Waals surface area contributed by atoms with Gasteiger partial charge in [-0.25, -0.2) is 4.79 Å². The monoisotopic (exact) mass is 413 g/mol. The quantitative estimate of drug-likeness (QED) is 0.416. The Hall–Kier alpha value is -4.00. The number of anilines is 1. The molecule has 156 valence electrons. The lowest BCUT2D eigenvalue weighted by molar-refractivity contribution is 0.252. The van der Waals surface area contributed by atoms with Crippen molar-refractivity contribution < 1.29 is 9.32 Å². The fourth-order valence-corrected chi connectivity index (χ4v) is 3.20. The Labute approximate surface area is 180 Å². The maximum Gasteiger partial charge on any atom is 0.319 e. The van der Waals surface area contributed by atoms with Gasteiger partial charge in [0.25, 0.3) is 0 Å². The van der Waals surface area contributed by atoms with E-state index in [1.54, 1.807) is 12.4 Å². The summed E-state index contributed by atoms with van der Waals surface area (Å²) in [7, 11) is 0. The Bertz CT molecular complexity index is 1110. The molecule has 0 aliphatic rings. The molecule has 2 aromatic carbocycles. The van der Waals surface area contributed by atoms with Crippen LogP contribution in [0, 0.1) is 0 Å². The molecule has 2 aromatic heterocycles. The number of aromatic nitrogens is 3. The van der Waals surface area contributed by atoms with Crippen LogP contribution in [0.2, 0.25) is 0 Å². The first-order valence-electron chi connectivity index (χ1n) is 10.2. The molecule has 0 aliphatic carbocycles. The van der Waals surface area contributed by atoms with Gasteiger partial charge < -0.3 is 15.2 Å². The van der Waals surface area contributed by atoms with Gasteiger partial charge in [-0.3, -0.25) is 4.98 Å². The lowest BCUT2D eigenvalue weighted by Crippen LogP contribution is -2.30. The van der Waals surface area contributed by atoms with Gasteiger partial charge in [-0.15, -0.1) is 0 Å². The van der Waals surface area contributed by atoms with Gasteiger partial charge >= 0.3 is 6.03 Å². The largest absolute Gasteiger partial charge is 0.339 e. The summed E-state index contributed by atoms with van der Waals surface area (Å²) in [5.74, 6) is 0.959. The topological polar surface area (TPSA) is 92.9 Å². The number of rotatable bonds is 8. The van der Waals surface area contributed by atoms with Crippen molar-refractivity contribution in [1.82, 2.24) is 20.4 Å². The second-order valence-electron chi connectivity index (χ2n) is 7.06. The molecule has 0 unspecified atom stereocenters. The van der Waals surface area contributed by atoms with Crippen LogP contribution in [0.5, 0.6) is 0 Å². The second-order valence-corrected chi connectivity index (χ2v) is 7.06. The standard InChI is InChI=1S/C24H23N5O2/c30-24(26-15-6-10-18-8-2-1-3-9-18)27-21-13-5-4-11-19(21)16-22-28-23(29-31-22)20-12-7-14-25-17-20/h1-5,7-9,11-14,17H,6,10,15-16H2,(H2,26,27,30). The molecule has 0 fully saturated rings. The first-order valence-corrected chi connectivity index (χ1v) is 10.2. The van der Waals surface area contributed by atoms with Crippen LogP contribution in [0.15, 0.2) is 83.6 Å². The van der Waals surface area contributed by atoms with Gasteiger partial charge in [0.2, 0.25) is 11.7 Å². The summed E-state index contributed by atoms with van der Waals surface area (Å²) in [6.07, 6.45) is 5.59. The number of urea groups is 1. The number of nitrogens with one attached hydrogen (secondary N) is 2. The third kappa shape index (κ3) is 5.76. The molecule has 31 heavy (non-hydrogen) atoms. The highest BCUT2D eigenvalue weighted by molar-refractivity contribution is 5.90. The summed E-state index contributed by atoms with van der Waals surface area (Å²) >= 11 is 0. The number of carbonyl (C=O) groups is 1. The summed E-state index contributed by atoms with van der Waals surface area (Å²) in [6.45, 7) is 0.598. The van der Waals surface area contributed by atoms with Crippen molar-refractivity contribution in [3.05, 3.63) is 96.1 Å². The van der Waals surface area contributed by atoms with E-state index in [4.69, 9.17) is 4.52 Å². The van der Waals surface area contributed by atoms with E-state index in [0.29, 0.717) is 30.4 Å². The van der Waals surface area contributed by atoms with Gasteiger partial charge in [0, 0.05) is 30.2 Å². The lowest BCUT2D eigenvalue weighted by atomic mass is 10.1. The highest BCUT2D eigenvalue weighted by Crippen LogP contribution is 2.20. The molecule has 0 aliphatic heterocycles. The minimum atomic E-state index is -0.234. The van der Waals surface area contributed by atoms with E-state index in [1.807, 2.05) is 54.6 Å².